The number of hydrogen-bond donors (Lipinski definition) is 1. The Balaban J connectivity index is 1.82. The molecule has 0 amide bonds. The fraction of sp³-hybridized carbons (Fsp3) is 0.200. The average molecular weight is 382 g/mol. The van der Waals surface area contributed by atoms with Crippen LogP contribution in [0.4, 0.5) is 5.69 Å². The number of nitro groups is 1. The van der Waals surface area contributed by atoms with Gasteiger partial charge in [0.05, 0.1) is 23.5 Å². The molecule has 8 nitrogen and oxygen atoms in total. The third kappa shape index (κ3) is 3.57. The maximum absolute atomic E-state index is 12.6. The van der Waals surface area contributed by atoms with Crippen molar-refractivity contribution in [2.75, 3.05) is 7.11 Å². The van der Waals surface area contributed by atoms with Crippen LogP contribution in [0.2, 0.25) is 0 Å². The normalized spacial score (nSPS) is 11.8. The summed E-state index contributed by atoms with van der Waals surface area (Å²) in [6.07, 6.45) is 0. The predicted octanol–water partition coefficient (Wildman–Crippen LogP) is 3.88. The van der Waals surface area contributed by atoms with E-state index in [1.807, 2.05) is 25.1 Å². The van der Waals surface area contributed by atoms with Gasteiger partial charge in [0.15, 0.2) is 0 Å². The molecule has 3 aromatic rings. The van der Waals surface area contributed by atoms with Gasteiger partial charge < -0.3 is 14.5 Å². The van der Waals surface area contributed by atoms with Crippen molar-refractivity contribution in [1.29, 1.82) is 0 Å². The van der Waals surface area contributed by atoms with Crippen molar-refractivity contribution in [1.82, 2.24) is 4.98 Å². The minimum atomic E-state index is -0.859. The van der Waals surface area contributed by atoms with E-state index in [-0.39, 0.29) is 11.3 Å². The number of carbonyl (C=O) groups is 2. The molecule has 0 bridgehead atoms. The van der Waals surface area contributed by atoms with E-state index in [1.165, 1.54) is 24.3 Å². The molecule has 1 unspecified atom stereocenters. The first-order valence-electron chi connectivity index (χ1n) is 8.48. The number of nitrogens with zero attached hydrogens (tertiary/aromatic N) is 1. The van der Waals surface area contributed by atoms with Crippen LogP contribution in [0, 0.1) is 17.0 Å². The summed E-state index contributed by atoms with van der Waals surface area (Å²) in [7, 11) is 1.56. The summed E-state index contributed by atoms with van der Waals surface area (Å²) >= 11 is 0. The number of fused-ring (bicyclic) bond motifs is 1. The van der Waals surface area contributed by atoms with Crippen molar-refractivity contribution in [2.45, 2.75) is 19.8 Å². The molecule has 28 heavy (non-hydrogen) atoms. The van der Waals surface area contributed by atoms with Crippen LogP contribution in [0.25, 0.3) is 10.9 Å². The number of esters is 2. The Labute approximate surface area is 160 Å². The molecule has 1 heterocycles. The number of ether oxygens (including phenoxy) is 2. The van der Waals surface area contributed by atoms with Crippen LogP contribution in [0.15, 0.2) is 42.5 Å². The predicted molar refractivity (Wildman–Crippen MR) is 102 cm³/mol. The number of benzene rings is 2. The van der Waals surface area contributed by atoms with E-state index in [0.717, 1.165) is 22.2 Å². The van der Waals surface area contributed by atoms with Crippen LogP contribution < -0.4 is 4.74 Å². The Hall–Kier alpha value is -3.68. The highest BCUT2D eigenvalue weighted by molar-refractivity contribution is 6.00. The second-order valence-corrected chi connectivity index (χ2v) is 6.31. The zero-order valence-electron chi connectivity index (χ0n) is 15.5. The van der Waals surface area contributed by atoms with Crippen LogP contribution in [-0.2, 0) is 9.53 Å². The van der Waals surface area contributed by atoms with Crippen LogP contribution >= 0.6 is 0 Å². The molecule has 0 aliphatic rings. The highest BCUT2D eigenvalue weighted by Crippen LogP contribution is 2.32. The first-order chi connectivity index (χ1) is 13.3. The van der Waals surface area contributed by atoms with Crippen molar-refractivity contribution in [2.24, 2.45) is 0 Å². The van der Waals surface area contributed by atoms with Gasteiger partial charge in [0, 0.05) is 28.7 Å². The van der Waals surface area contributed by atoms with Gasteiger partial charge >= 0.3 is 11.9 Å². The van der Waals surface area contributed by atoms with E-state index in [2.05, 4.69) is 4.98 Å². The van der Waals surface area contributed by atoms with Gasteiger partial charge in [-0.1, -0.05) is 0 Å². The fourth-order valence-corrected chi connectivity index (χ4v) is 3.09. The third-order valence-electron chi connectivity index (χ3n) is 4.54. The number of hydrogen-bond acceptors (Lipinski definition) is 6. The number of aromatic amines is 1. The second-order valence-electron chi connectivity index (χ2n) is 6.31. The smallest absolute Gasteiger partial charge is 0.345 e. The van der Waals surface area contributed by atoms with Gasteiger partial charge in [-0.25, -0.2) is 4.79 Å². The molecular formula is C20H18N2O6. The Morgan fingerprint density at radius 2 is 1.82 bits per heavy atom. The summed E-state index contributed by atoms with van der Waals surface area (Å²) in [5, 5.41) is 11.5. The molecule has 1 aromatic heterocycles. The van der Waals surface area contributed by atoms with Crippen LogP contribution in [0.5, 0.6) is 5.75 Å². The fourth-order valence-electron chi connectivity index (χ4n) is 3.09. The number of aryl methyl sites for hydroxylation is 1. The molecule has 1 atom stereocenters. The highest BCUT2D eigenvalue weighted by atomic mass is 16.6. The summed E-state index contributed by atoms with van der Waals surface area (Å²) in [5.74, 6) is -1.63. The first kappa shape index (κ1) is 19.1. The van der Waals surface area contributed by atoms with Gasteiger partial charge in [-0.2, -0.15) is 0 Å². The number of H-pyrrole nitrogens is 1. The number of carbonyl (C=O) groups excluding carboxylic acids is 2. The molecule has 0 aliphatic heterocycles. The maximum atomic E-state index is 12.6. The third-order valence-corrected chi connectivity index (χ3v) is 4.54. The number of nitrogens with one attached hydrogen (secondary N) is 1. The maximum Gasteiger partial charge on any atom is 0.345 e. The Morgan fingerprint density at radius 3 is 2.43 bits per heavy atom. The minimum absolute atomic E-state index is 0.0588. The number of rotatable bonds is 5. The lowest BCUT2D eigenvalue weighted by molar-refractivity contribution is -0.384. The molecular weight excluding hydrogens is 364 g/mol. The van der Waals surface area contributed by atoms with Gasteiger partial charge in [0.2, 0.25) is 0 Å². The molecule has 0 radical (unpaired) electrons. The number of non-ortho nitro benzene ring substituents is 1. The molecule has 8 heteroatoms. The van der Waals surface area contributed by atoms with Crippen LogP contribution in [0.3, 0.4) is 0 Å². The Bertz CT molecular complexity index is 1070. The quantitative estimate of drug-likeness (QED) is 0.310. The van der Waals surface area contributed by atoms with Gasteiger partial charge in [0.25, 0.3) is 5.69 Å². The topological polar surface area (TPSA) is 112 Å². The van der Waals surface area contributed by atoms with E-state index in [1.54, 1.807) is 14.0 Å². The van der Waals surface area contributed by atoms with Crippen LogP contribution in [-0.4, -0.2) is 29.0 Å². The molecule has 0 spiro atoms. The summed E-state index contributed by atoms with van der Waals surface area (Å²) < 4.78 is 10.2. The monoisotopic (exact) mass is 382 g/mol. The standard InChI is InChI=1S/C20H18N2O6/c1-11(18-12(2)21-17-9-8-15(27-3)10-16(17)18)19(23)28-20(24)13-4-6-14(7-5-13)22(25)26/h4-11,21H,1-3H3. The summed E-state index contributed by atoms with van der Waals surface area (Å²) in [6, 6.07) is 10.3. The van der Waals surface area contributed by atoms with Crippen molar-refractivity contribution in [3.63, 3.8) is 0 Å². The molecule has 0 fully saturated rings. The molecule has 1 N–H and O–H groups in total. The molecule has 0 saturated carbocycles. The summed E-state index contributed by atoms with van der Waals surface area (Å²) in [5.41, 5.74) is 2.25. The Morgan fingerprint density at radius 1 is 1.14 bits per heavy atom. The zero-order valence-corrected chi connectivity index (χ0v) is 15.5. The lowest BCUT2D eigenvalue weighted by atomic mass is 9.98. The number of aromatic nitrogens is 1. The highest BCUT2D eigenvalue weighted by Gasteiger charge is 2.26. The number of methoxy groups -OCH3 is 1. The zero-order chi connectivity index (χ0) is 20.4. The van der Waals surface area contributed by atoms with E-state index in [4.69, 9.17) is 9.47 Å². The Kier molecular flexibility index (Phi) is 5.12. The van der Waals surface area contributed by atoms with Gasteiger partial charge in [0.1, 0.15) is 5.75 Å². The minimum Gasteiger partial charge on any atom is -0.497 e. The molecule has 0 saturated heterocycles. The summed E-state index contributed by atoms with van der Waals surface area (Å²) in [4.78, 5) is 38.1. The average Bonchev–Trinajstić information content (AvgIpc) is 3.01. The van der Waals surface area contributed by atoms with E-state index in [0.29, 0.717) is 5.75 Å². The van der Waals surface area contributed by atoms with Gasteiger partial charge in [-0.3, -0.25) is 14.9 Å². The van der Waals surface area contributed by atoms with Gasteiger partial charge in [-0.15, -0.1) is 0 Å². The molecule has 144 valence electrons. The number of nitro benzene ring substituents is 1. The van der Waals surface area contributed by atoms with E-state index >= 15 is 0 Å². The molecule has 0 aliphatic carbocycles. The van der Waals surface area contributed by atoms with E-state index in [9.17, 15) is 19.7 Å². The largest absolute Gasteiger partial charge is 0.497 e. The lowest BCUT2D eigenvalue weighted by Crippen LogP contribution is -2.18. The summed E-state index contributed by atoms with van der Waals surface area (Å²) in [6.45, 7) is 3.49. The van der Waals surface area contributed by atoms with E-state index < -0.39 is 22.8 Å². The van der Waals surface area contributed by atoms with Crippen LogP contribution in [0.1, 0.15) is 34.5 Å². The van der Waals surface area contributed by atoms with Crippen molar-refractivity contribution >= 4 is 28.5 Å². The van der Waals surface area contributed by atoms with Gasteiger partial charge in [-0.05, 0) is 49.7 Å². The second kappa shape index (κ2) is 7.51. The van der Waals surface area contributed by atoms with Crippen molar-refractivity contribution in [3.05, 3.63) is 69.4 Å². The lowest BCUT2D eigenvalue weighted by Gasteiger charge is -2.11. The molecule has 2 aromatic carbocycles. The van der Waals surface area contributed by atoms with Crippen molar-refractivity contribution in [3.8, 4) is 5.75 Å². The SMILES string of the molecule is COc1ccc2[nH]c(C)c(C(C)C(=O)OC(=O)c3ccc([N+](=O)[O-])cc3)c2c1. The molecule has 3 rings (SSSR count). The first-order valence-corrected chi connectivity index (χ1v) is 8.48. The van der Waals surface area contributed by atoms with Crippen molar-refractivity contribution < 1.29 is 24.0 Å².